The van der Waals surface area contributed by atoms with Crippen LogP contribution in [-0.4, -0.2) is 38.3 Å². The van der Waals surface area contributed by atoms with Crippen molar-refractivity contribution < 1.29 is 4.79 Å². The Labute approximate surface area is 72.1 Å². The highest BCUT2D eigenvalue weighted by atomic mass is 16.2. The third kappa shape index (κ3) is 3.54. The number of urea groups is 1. The van der Waals surface area contributed by atoms with Gasteiger partial charge in [0.2, 0.25) is 0 Å². The molecule has 1 aliphatic rings. The van der Waals surface area contributed by atoms with Crippen molar-refractivity contribution in [1.29, 1.82) is 0 Å². The summed E-state index contributed by atoms with van der Waals surface area (Å²) >= 11 is 0. The molecular formula is C7H16N4O. The Balaban J connectivity index is 1.91. The van der Waals surface area contributed by atoms with Crippen LogP contribution in [0.3, 0.4) is 0 Å². The molecule has 70 valence electrons. The van der Waals surface area contributed by atoms with Crippen molar-refractivity contribution in [1.82, 2.24) is 16.0 Å². The molecule has 1 fully saturated rings. The summed E-state index contributed by atoms with van der Waals surface area (Å²) < 4.78 is 0. The number of hydrogen-bond acceptors (Lipinski definition) is 3. The number of nitrogens with one attached hydrogen (secondary N) is 3. The zero-order chi connectivity index (χ0) is 8.81. The van der Waals surface area contributed by atoms with E-state index in [4.69, 9.17) is 5.73 Å². The quantitative estimate of drug-likeness (QED) is 0.394. The second-order valence-corrected chi connectivity index (χ2v) is 2.93. The van der Waals surface area contributed by atoms with Gasteiger partial charge in [-0.25, -0.2) is 4.79 Å². The fourth-order valence-corrected chi connectivity index (χ4v) is 1.29. The third-order valence-electron chi connectivity index (χ3n) is 1.92. The molecule has 0 spiro atoms. The molecule has 0 saturated carbocycles. The zero-order valence-corrected chi connectivity index (χ0v) is 7.10. The summed E-state index contributed by atoms with van der Waals surface area (Å²) in [6.07, 6.45) is 1.16. The second-order valence-electron chi connectivity index (χ2n) is 2.93. The fraction of sp³-hybridized carbons (Fsp3) is 0.857. The first-order valence-electron chi connectivity index (χ1n) is 4.26. The summed E-state index contributed by atoms with van der Waals surface area (Å²) in [6.45, 7) is 3.50. The van der Waals surface area contributed by atoms with Gasteiger partial charge >= 0.3 is 6.03 Å². The zero-order valence-electron chi connectivity index (χ0n) is 7.10. The molecule has 0 radical (unpaired) electrons. The lowest BCUT2D eigenvalue weighted by Crippen LogP contribution is -2.39. The summed E-state index contributed by atoms with van der Waals surface area (Å²) in [5.74, 6) is 0. The highest BCUT2D eigenvalue weighted by Crippen LogP contribution is 1.95. The van der Waals surface area contributed by atoms with E-state index in [0.29, 0.717) is 12.6 Å². The van der Waals surface area contributed by atoms with E-state index in [1.165, 1.54) is 0 Å². The van der Waals surface area contributed by atoms with Gasteiger partial charge in [-0.15, -0.1) is 0 Å². The Morgan fingerprint density at radius 2 is 2.42 bits per heavy atom. The molecule has 1 heterocycles. The van der Waals surface area contributed by atoms with Crippen LogP contribution in [0.5, 0.6) is 0 Å². The number of carbonyl (C=O) groups excluding carboxylic acids is 1. The second kappa shape index (κ2) is 4.95. The Kier molecular flexibility index (Phi) is 3.83. The van der Waals surface area contributed by atoms with Crippen molar-refractivity contribution in [2.75, 3.05) is 26.2 Å². The first kappa shape index (κ1) is 9.28. The molecule has 1 aliphatic heterocycles. The van der Waals surface area contributed by atoms with Gasteiger partial charge in [0.1, 0.15) is 0 Å². The van der Waals surface area contributed by atoms with Crippen molar-refractivity contribution in [2.24, 2.45) is 5.73 Å². The molecule has 0 aromatic carbocycles. The third-order valence-corrected chi connectivity index (χ3v) is 1.92. The average molecular weight is 172 g/mol. The van der Waals surface area contributed by atoms with Crippen molar-refractivity contribution >= 4 is 6.03 Å². The van der Waals surface area contributed by atoms with Crippen molar-refractivity contribution in [3.63, 3.8) is 0 Å². The van der Waals surface area contributed by atoms with E-state index < -0.39 is 6.03 Å². The molecule has 5 nitrogen and oxygen atoms in total. The predicted octanol–water partition coefficient (Wildman–Crippen LogP) is -1.39. The first-order chi connectivity index (χ1) is 5.79. The highest BCUT2D eigenvalue weighted by molar-refractivity contribution is 5.71. The van der Waals surface area contributed by atoms with E-state index in [1.54, 1.807) is 0 Å². The lowest BCUT2D eigenvalue weighted by Gasteiger charge is -2.10. The van der Waals surface area contributed by atoms with E-state index in [1.807, 2.05) is 0 Å². The van der Waals surface area contributed by atoms with Crippen LogP contribution in [0.2, 0.25) is 0 Å². The van der Waals surface area contributed by atoms with Gasteiger partial charge in [-0.05, 0) is 13.0 Å². The normalized spacial score (nSPS) is 22.5. The lowest BCUT2D eigenvalue weighted by molar-refractivity contribution is 0.249. The van der Waals surface area contributed by atoms with Crippen LogP contribution in [-0.2, 0) is 0 Å². The van der Waals surface area contributed by atoms with Gasteiger partial charge in [0.25, 0.3) is 0 Å². The minimum Gasteiger partial charge on any atom is -0.352 e. The van der Waals surface area contributed by atoms with Gasteiger partial charge in [0, 0.05) is 25.7 Å². The lowest BCUT2D eigenvalue weighted by atomic mass is 10.2. The largest absolute Gasteiger partial charge is 0.352 e. The summed E-state index contributed by atoms with van der Waals surface area (Å²) in [5.41, 5.74) is 4.90. The number of hydrogen-bond donors (Lipinski definition) is 4. The van der Waals surface area contributed by atoms with Crippen LogP contribution >= 0.6 is 0 Å². The van der Waals surface area contributed by atoms with Gasteiger partial charge in [0.15, 0.2) is 0 Å². The number of carbonyl (C=O) groups is 1. The molecule has 1 rings (SSSR count). The summed E-state index contributed by atoms with van der Waals surface area (Å²) in [6, 6.07) is 0.0982. The van der Waals surface area contributed by atoms with Crippen LogP contribution in [0, 0.1) is 0 Å². The summed E-state index contributed by atoms with van der Waals surface area (Å²) in [7, 11) is 0. The fourth-order valence-electron chi connectivity index (χ4n) is 1.29. The molecule has 5 heteroatoms. The van der Waals surface area contributed by atoms with E-state index in [0.717, 1.165) is 26.1 Å². The molecule has 5 N–H and O–H groups in total. The van der Waals surface area contributed by atoms with Gasteiger partial charge < -0.3 is 21.7 Å². The van der Waals surface area contributed by atoms with Crippen molar-refractivity contribution in [3.8, 4) is 0 Å². The molecule has 1 unspecified atom stereocenters. The summed E-state index contributed by atoms with van der Waals surface area (Å²) in [4.78, 5) is 10.3. The van der Waals surface area contributed by atoms with E-state index >= 15 is 0 Å². The molecule has 0 aromatic heterocycles. The monoisotopic (exact) mass is 172 g/mol. The Morgan fingerprint density at radius 3 is 3.00 bits per heavy atom. The van der Waals surface area contributed by atoms with E-state index in [9.17, 15) is 4.79 Å². The molecule has 0 aromatic rings. The Bertz CT molecular complexity index is 144. The number of rotatable bonds is 4. The molecule has 0 bridgehead atoms. The van der Waals surface area contributed by atoms with Gasteiger partial charge in [-0.2, -0.15) is 0 Å². The van der Waals surface area contributed by atoms with Crippen molar-refractivity contribution in [2.45, 2.75) is 12.5 Å². The van der Waals surface area contributed by atoms with Gasteiger partial charge in [0.05, 0.1) is 0 Å². The van der Waals surface area contributed by atoms with E-state index in [-0.39, 0.29) is 0 Å². The van der Waals surface area contributed by atoms with Crippen LogP contribution in [0.15, 0.2) is 0 Å². The van der Waals surface area contributed by atoms with Crippen LogP contribution in [0.4, 0.5) is 4.79 Å². The number of nitrogens with two attached hydrogens (primary N) is 1. The molecular weight excluding hydrogens is 156 g/mol. The Morgan fingerprint density at radius 1 is 1.58 bits per heavy atom. The predicted molar refractivity (Wildman–Crippen MR) is 46.9 cm³/mol. The topological polar surface area (TPSA) is 79.2 Å². The van der Waals surface area contributed by atoms with Crippen LogP contribution < -0.4 is 21.7 Å². The van der Waals surface area contributed by atoms with Gasteiger partial charge in [-0.3, -0.25) is 0 Å². The molecule has 12 heavy (non-hydrogen) atoms. The highest BCUT2D eigenvalue weighted by Gasteiger charge is 2.12. The first-order valence-corrected chi connectivity index (χ1v) is 4.26. The Hall–Kier alpha value is -0.810. The van der Waals surface area contributed by atoms with E-state index in [2.05, 4.69) is 16.0 Å². The van der Waals surface area contributed by atoms with Crippen LogP contribution in [0.25, 0.3) is 0 Å². The molecule has 1 atom stereocenters. The van der Waals surface area contributed by atoms with Crippen molar-refractivity contribution in [3.05, 3.63) is 0 Å². The van der Waals surface area contributed by atoms with Crippen LogP contribution in [0.1, 0.15) is 6.42 Å². The summed E-state index contributed by atoms with van der Waals surface area (Å²) in [5, 5.41) is 9.08. The standard InChI is InChI=1S/C7H16N4O/c8-7(12)11-4-3-10-6-1-2-9-5-6/h6,9-10H,1-5H2,(H3,8,11,12). The molecule has 2 amide bonds. The maximum atomic E-state index is 10.3. The maximum absolute atomic E-state index is 10.3. The van der Waals surface area contributed by atoms with Gasteiger partial charge in [-0.1, -0.05) is 0 Å². The number of amides is 2. The maximum Gasteiger partial charge on any atom is 0.312 e. The molecule has 0 aliphatic carbocycles. The SMILES string of the molecule is NC(=O)NCCNC1CCNC1. The number of primary amides is 1. The minimum absolute atomic E-state index is 0.457. The molecule has 1 saturated heterocycles. The minimum atomic E-state index is -0.457. The smallest absolute Gasteiger partial charge is 0.312 e. The average Bonchev–Trinajstić information content (AvgIpc) is 2.49.